The molecule has 98 valence electrons. The number of hydrogen-bond donors (Lipinski definition) is 3. The van der Waals surface area contributed by atoms with E-state index in [2.05, 4.69) is 17.6 Å². The fourth-order valence-electron chi connectivity index (χ4n) is 1.95. The molecule has 0 radical (unpaired) electrons. The van der Waals surface area contributed by atoms with Gasteiger partial charge in [-0.05, 0) is 24.2 Å². The third-order valence-corrected chi connectivity index (χ3v) is 3.37. The number of nitrogens with one attached hydrogen (secondary N) is 2. The van der Waals surface area contributed by atoms with Gasteiger partial charge in [-0.15, -0.1) is 0 Å². The lowest BCUT2D eigenvalue weighted by Gasteiger charge is -2.38. The zero-order chi connectivity index (χ0) is 12.9. The minimum Gasteiger partial charge on any atom is -0.481 e. The van der Waals surface area contributed by atoms with Crippen molar-refractivity contribution in [3.8, 4) is 0 Å². The summed E-state index contributed by atoms with van der Waals surface area (Å²) in [6.45, 7) is 5.08. The fraction of sp³-hybridized carbons (Fsp3) is 0.833. The van der Waals surface area contributed by atoms with Crippen molar-refractivity contribution < 1.29 is 14.7 Å². The van der Waals surface area contributed by atoms with E-state index in [-0.39, 0.29) is 23.8 Å². The average molecular weight is 242 g/mol. The first-order valence-electron chi connectivity index (χ1n) is 6.15. The Morgan fingerprint density at radius 3 is 2.47 bits per heavy atom. The van der Waals surface area contributed by atoms with Crippen LogP contribution in [0.15, 0.2) is 0 Å². The lowest BCUT2D eigenvalue weighted by atomic mass is 9.70. The highest BCUT2D eigenvalue weighted by Gasteiger charge is 2.31. The number of rotatable bonds is 6. The Labute approximate surface area is 102 Å². The zero-order valence-corrected chi connectivity index (χ0v) is 10.6. The Morgan fingerprint density at radius 1 is 1.35 bits per heavy atom. The molecule has 0 saturated heterocycles. The molecule has 1 aliphatic carbocycles. The van der Waals surface area contributed by atoms with E-state index in [0.29, 0.717) is 13.1 Å². The molecule has 0 bridgehead atoms. The number of aliphatic carboxylic acids is 1. The highest BCUT2D eigenvalue weighted by Crippen LogP contribution is 2.39. The standard InChI is InChI=1S/C12H22N2O3/c1-9(6-10(15)16)7-13-11(17)14-8-12(2)4-3-5-12/h9H,3-8H2,1-2H3,(H,15,16)(H2,13,14,17). The van der Waals surface area contributed by atoms with Crippen LogP contribution in [0.3, 0.4) is 0 Å². The molecule has 5 heteroatoms. The van der Waals surface area contributed by atoms with E-state index in [0.717, 1.165) is 0 Å². The van der Waals surface area contributed by atoms with Crippen LogP contribution in [0.25, 0.3) is 0 Å². The van der Waals surface area contributed by atoms with Crippen LogP contribution in [0, 0.1) is 11.3 Å². The van der Waals surface area contributed by atoms with Crippen LogP contribution in [-0.2, 0) is 4.79 Å². The summed E-state index contributed by atoms with van der Waals surface area (Å²) in [6.07, 6.45) is 3.67. The second-order valence-electron chi connectivity index (χ2n) is 5.43. The van der Waals surface area contributed by atoms with Gasteiger partial charge < -0.3 is 15.7 Å². The fourth-order valence-corrected chi connectivity index (χ4v) is 1.95. The summed E-state index contributed by atoms with van der Waals surface area (Å²) in [4.78, 5) is 21.9. The predicted molar refractivity (Wildman–Crippen MR) is 64.8 cm³/mol. The van der Waals surface area contributed by atoms with Gasteiger partial charge in [0, 0.05) is 19.5 Å². The number of carboxylic acids is 1. The molecule has 0 aromatic heterocycles. The van der Waals surface area contributed by atoms with Crippen molar-refractivity contribution in [1.29, 1.82) is 0 Å². The van der Waals surface area contributed by atoms with Crippen LogP contribution in [-0.4, -0.2) is 30.2 Å². The van der Waals surface area contributed by atoms with Crippen molar-refractivity contribution in [2.45, 2.75) is 39.5 Å². The zero-order valence-electron chi connectivity index (χ0n) is 10.6. The largest absolute Gasteiger partial charge is 0.481 e. The Bertz CT molecular complexity index is 287. The van der Waals surface area contributed by atoms with Gasteiger partial charge in [0.05, 0.1) is 0 Å². The summed E-state index contributed by atoms with van der Waals surface area (Å²) < 4.78 is 0. The number of carbonyl (C=O) groups is 2. The first kappa shape index (κ1) is 13.8. The summed E-state index contributed by atoms with van der Waals surface area (Å²) in [5.74, 6) is -0.876. The molecule has 1 rings (SSSR count). The second-order valence-corrected chi connectivity index (χ2v) is 5.43. The number of urea groups is 1. The molecule has 5 nitrogen and oxygen atoms in total. The first-order chi connectivity index (χ1) is 7.91. The van der Waals surface area contributed by atoms with Crippen LogP contribution in [0.4, 0.5) is 4.79 Å². The highest BCUT2D eigenvalue weighted by atomic mass is 16.4. The van der Waals surface area contributed by atoms with Gasteiger partial charge in [0.15, 0.2) is 0 Å². The monoisotopic (exact) mass is 242 g/mol. The van der Waals surface area contributed by atoms with Gasteiger partial charge in [-0.2, -0.15) is 0 Å². The van der Waals surface area contributed by atoms with Gasteiger partial charge in [-0.3, -0.25) is 4.79 Å². The molecular weight excluding hydrogens is 220 g/mol. The molecule has 1 saturated carbocycles. The third kappa shape index (κ3) is 5.06. The maximum absolute atomic E-state index is 11.5. The summed E-state index contributed by atoms with van der Waals surface area (Å²) in [7, 11) is 0. The lowest BCUT2D eigenvalue weighted by molar-refractivity contribution is -0.137. The summed E-state index contributed by atoms with van der Waals surface area (Å²) in [5.41, 5.74) is 0.268. The number of hydrogen-bond acceptors (Lipinski definition) is 2. The van der Waals surface area contributed by atoms with E-state index >= 15 is 0 Å². The minimum absolute atomic E-state index is 0.0439. The molecule has 2 amide bonds. The molecule has 0 spiro atoms. The van der Waals surface area contributed by atoms with Crippen molar-refractivity contribution in [2.24, 2.45) is 11.3 Å². The van der Waals surface area contributed by atoms with Gasteiger partial charge >= 0.3 is 12.0 Å². The molecule has 0 aliphatic heterocycles. The van der Waals surface area contributed by atoms with Crippen LogP contribution in [0.2, 0.25) is 0 Å². The molecule has 3 N–H and O–H groups in total. The Kier molecular flexibility index (Phi) is 4.78. The Balaban J connectivity index is 2.10. The van der Waals surface area contributed by atoms with Crippen LogP contribution in [0.5, 0.6) is 0 Å². The van der Waals surface area contributed by atoms with Gasteiger partial charge in [-0.1, -0.05) is 20.3 Å². The van der Waals surface area contributed by atoms with Crippen molar-refractivity contribution in [2.75, 3.05) is 13.1 Å². The molecule has 0 heterocycles. The van der Waals surface area contributed by atoms with Gasteiger partial charge in [0.1, 0.15) is 0 Å². The summed E-state index contributed by atoms with van der Waals surface area (Å²) in [6, 6.07) is -0.199. The molecular formula is C12H22N2O3. The quantitative estimate of drug-likeness (QED) is 0.661. The lowest BCUT2D eigenvalue weighted by Crippen LogP contribution is -2.45. The molecule has 1 fully saturated rings. The topological polar surface area (TPSA) is 78.4 Å². The number of carboxylic acid groups (broad SMARTS) is 1. The van der Waals surface area contributed by atoms with E-state index in [1.54, 1.807) is 0 Å². The third-order valence-electron chi connectivity index (χ3n) is 3.37. The maximum Gasteiger partial charge on any atom is 0.314 e. The molecule has 1 aliphatic rings. The minimum atomic E-state index is -0.832. The molecule has 1 atom stereocenters. The summed E-state index contributed by atoms with van der Waals surface area (Å²) >= 11 is 0. The van der Waals surface area contributed by atoms with E-state index in [1.165, 1.54) is 19.3 Å². The van der Waals surface area contributed by atoms with Gasteiger partial charge in [0.2, 0.25) is 0 Å². The van der Waals surface area contributed by atoms with E-state index in [9.17, 15) is 9.59 Å². The number of amides is 2. The van der Waals surface area contributed by atoms with Crippen molar-refractivity contribution in [3.63, 3.8) is 0 Å². The van der Waals surface area contributed by atoms with Crippen LogP contribution < -0.4 is 10.6 Å². The second kappa shape index (κ2) is 5.89. The molecule has 0 aromatic rings. The molecule has 0 aromatic carbocycles. The van der Waals surface area contributed by atoms with E-state index in [4.69, 9.17) is 5.11 Å². The maximum atomic E-state index is 11.5. The van der Waals surface area contributed by atoms with E-state index in [1.807, 2.05) is 6.92 Å². The van der Waals surface area contributed by atoms with Crippen molar-refractivity contribution >= 4 is 12.0 Å². The average Bonchev–Trinajstić information content (AvgIpc) is 2.20. The van der Waals surface area contributed by atoms with Gasteiger partial charge in [-0.25, -0.2) is 4.79 Å². The SMILES string of the molecule is CC(CNC(=O)NCC1(C)CCC1)CC(=O)O. The molecule has 17 heavy (non-hydrogen) atoms. The van der Waals surface area contributed by atoms with Crippen molar-refractivity contribution in [3.05, 3.63) is 0 Å². The van der Waals surface area contributed by atoms with Crippen LogP contribution in [0.1, 0.15) is 39.5 Å². The van der Waals surface area contributed by atoms with Crippen LogP contribution >= 0.6 is 0 Å². The predicted octanol–water partition coefficient (Wildman–Crippen LogP) is 1.59. The normalized spacial score (nSPS) is 18.9. The smallest absolute Gasteiger partial charge is 0.314 e. The van der Waals surface area contributed by atoms with E-state index < -0.39 is 5.97 Å². The Morgan fingerprint density at radius 2 is 2.00 bits per heavy atom. The molecule has 1 unspecified atom stereocenters. The Hall–Kier alpha value is -1.26. The summed E-state index contributed by atoms with van der Waals surface area (Å²) in [5, 5.41) is 14.1. The first-order valence-corrected chi connectivity index (χ1v) is 6.15. The van der Waals surface area contributed by atoms with Crippen molar-refractivity contribution in [1.82, 2.24) is 10.6 Å². The highest BCUT2D eigenvalue weighted by molar-refractivity contribution is 5.74. The van der Waals surface area contributed by atoms with Gasteiger partial charge in [0.25, 0.3) is 0 Å². The number of carbonyl (C=O) groups excluding carboxylic acids is 1.